The van der Waals surface area contributed by atoms with Gasteiger partial charge in [-0.2, -0.15) is 0 Å². The van der Waals surface area contributed by atoms with Gasteiger partial charge in [0.25, 0.3) is 0 Å². The van der Waals surface area contributed by atoms with Crippen molar-refractivity contribution < 1.29 is 0 Å². The van der Waals surface area contributed by atoms with Crippen molar-refractivity contribution in [2.24, 2.45) is 0 Å². The fourth-order valence-corrected chi connectivity index (χ4v) is 2.82. The van der Waals surface area contributed by atoms with Gasteiger partial charge < -0.3 is 4.90 Å². The van der Waals surface area contributed by atoms with Crippen molar-refractivity contribution in [1.82, 2.24) is 4.90 Å². The van der Waals surface area contributed by atoms with E-state index in [2.05, 4.69) is 41.3 Å². The molecule has 1 heteroatoms. The summed E-state index contributed by atoms with van der Waals surface area (Å²) in [5, 5.41) is 0. The molecule has 0 amide bonds. The summed E-state index contributed by atoms with van der Waals surface area (Å²) in [6, 6.07) is 11.6. The van der Waals surface area contributed by atoms with Crippen LogP contribution >= 0.6 is 0 Å². The van der Waals surface area contributed by atoms with E-state index in [0.29, 0.717) is 0 Å². The summed E-state index contributed by atoms with van der Waals surface area (Å²) in [4.78, 5) is 2.61. The molecule has 0 spiro atoms. The third-order valence-corrected chi connectivity index (χ3v) is 3.59. The minimum absolute atomic E-state index is 0.800. The van der Waals surface area contributed by atoms with Gasteiger partial charge in [0.1, 0.15) is 0 Å². The Labute approximate surface area is 91.4 Å². The molecule has 0 bridgehead atoms. The van der Waals surface area contributed by atoms with Crippen molar-refractivity contribution in [2.45, 2.75) is 31.7 Å². The van der Waals surface area contributed by atoms with E-state index < -0.39 is 0 Å². The Hall–Kier alpha value is -1.24. The van der Waals surface area contributed by atoms with Crippen LogP contribution in [-0.2, 0) is 0 Å². The first kappa shape index (κ1) is 9.02. The fraction of sp³-hybridized carbons (Fsp3) is 0.429. The molecule has 2 aliphatic rings. The maximum Gasteiger partial charge on any atom is 0.0402 e. The topological polar surface area (TPSA) is 3.24 Å². The lowest BCUT2D eigenvalue weighted by atomic mass is 10.0. The first-order valence-electron chi connectivity index (χ1n) is 5.97. The molecule has 1 atom stereocenters. The molecule has 1 saturated heterocycles. The quantitative estimate of drug-likeness (QED) is 0.671. The van der Waals surface area contributed by atoms with Crippen molar-refractivity contribution in [3.63, 3.8) is 0 Å². The van der Waals surface area contributed by atoms with Crippen LogP contribution in [0.25, 0.3) is 5.70 Å². The van der Waals surface area contributed by atoms with Gasteiger partial charge in [-0.25, -0.2) is 0 Å². The Kier molecular flexibility index (Phi) is 2.24. The predicted octanol–water partition coefficient (Wildman–Crippen LogP) is 3.29. The summed E-state index contributed by atoms with van der Waals surface area (Å²) in [6.07, 6.45) is 7.83. The molecular formula is C14H17N. The summed E-state index contributed by atoms with van der Waals surface area (Å²) in [5.74, 6) is 0. The van der Waals surface area contributed by atoms with Crippen molar-refractivity contribution in [3.05, 3.63) is 42.0 Å². The molecule has 1 nitrogen and oxygen atoms in total. The highest BCUT2D eigenvalue weighted by Gasteiger charge is 2.28. The molecule has 0 N–H and O–H groups in total. The number of benzene rings is 1. The van der Waals surface area contributed by atoms with Gasteiger partial charge in [-0.05, 0) is 31.2 Å². The lowest BCUT2D eigenvalue weighted by Gasteiger charge is -2.34. The van der Waals surface area contributed by atoms with Crippen molar-refractivity contribution in [1.29, 1.82) is 0 Å². The number of hydrogen-bond acceptors (Lipinski definition) is 1. The van der Waals surface area contributed by atoms with Crippen LogP contribution in [-0.4, -0.2) is 17.5 Å². The van der Waals surface area contributed by atoms with Crippen LogP contribution < -0.4 is 0 Å². The minimum Gasteiger partial charge on any atom is -0.368 e. The van der Waals surface area contributed by atoms with E-state index in [1.54, 1.807) is 0 Å². The van der Waals surface area contributed by atoms with Crippen molar-refractivity contribution >= 4 is 5.70 Å². The van der Waals surface area contributed by atoms with Gasteiger partial charge in [-0.1, -0.05) is 36.4 Å². The normalized spacial score (nSPS) is 24.9. The average molecular weight is 199 g/mol. The Morgan fingerprint density at radius 2 is 1.93 bits per heavy atom. The van der Waals surface area contributed by atoms with Gasteiger partial charge in [0.05, 0.1) is 0 Å². The summed E-state index contributed by atoms with van der Waals surface area (Å²) >= 11 is 0. The molecule has 3 rings (SSSR count). The standard InChI is InChI=1S/C14H17N/c1-2-6-12(7-3-1)14-10-9-13-8-4-5-11-15(13)14/h1-3,6-7,10,13H,4-5,8-9,11H2. The fourth-order valence-electron chi connectivity index (χ4n) is 2.82. The molecule has 1 fully saturated rings. The van der Waals surface area contributed by atoms with E-state index >= 15 is 0 Å². The summed E-state index contributed by atoms with van der Waals surface area (Å²) in [7, 11) is 0. The zero-order valence-corrected chi connectivity index (χ0v) is 9.02. The smallest absolute Gasteiger partial charge is 0.0402 e. The van der Waals surface area contributed by atoms with Gasteiger partial charge in [0.15, 0.2) is 0 Å². The van der Waals surface area contributed by atoms with E-state index in [9.17, 15) is 0 Å². The predicted molar refractivity (Wildman–Crippen MR) is 63.4 cm³/mol. The van der Waals surface area contributed by atoms with Gasteiger partial charge in [0.2, 0.25) is 0 Å². The van der Waals surface area contributed by atoms with Gasteiger partial charge in [0, 0.05) is 18.3 Å². The second kappa shape index (κ2) is 3.73. The lowest BCUT2D eigenvalue weighted by Crippen LogP contribution is -2.33. The van der Waals surface area contributed by atoms with Crippen LogP contribution in [0.2, 0.25) is 0 Å². The van der Waals surface area contributed by atoms with Gasteiger partial charge in [-0.15, -0.1) is 0 Å². The van der Waals surface area contributed by atoms with Gasteiger partial charge >= 0.3 is 0 Å². The maximum absolute atomic E-state index is 2.61. The number of nitrogens with zero attached hydrogens (tertiary/aromatic N) is 1. The first-order valence-corrected chi connectivity index (χ1v) is 5.97. The van der Waals surface area contributed by atoms with E-state index in [1.807, 2.05) is 0 Å². The highest BCUT2D eigenvalue weighted by atomic mass is 15.2. The molecule has 0 aliphatic carbocycles. The molecule has 1 unspecified atom stereocenters. The molecular weight excluding hydrogens is 182 g/mol. The second-order valence-electron chi connectivity index (χ2n) is 4.53. The molecule has 2 aliphatic heterocycles. The number of piperidine rings is 1. The zero-order chi connectivity index (χ0) is 10.1. The monoisotopic (exact) mass is 199 g/mol. The van der Waals surface area contributed by atoms with E-state index in [-0.39, 0.29) is 0 Å². The Morgan fingerprint density at radius 3 is 2.80 bits per heavy atom. The van der Waals surface area contributed by atoms with E-state index in [1.165, 1.54) is 43.5 Å². The highest BCUT2D eigenvalue weighted by molar-refractivity contribution is 5.66. The lowest BCUT2D eigenvalue weighted by molar-refractivity contribution is 0.246. The van der Waals surface area contributed by atoms with Crippen molar-refractivity contribution in [3.8, 4) is 0 Å². The molecule has 0 aromatic heterocycles. The second-order valence-corrected chi connectivity index (χ2v) is 4.53. The molecule has 0 saturated carbocycles. The molecule has 78 valence electrons. The van der Waals surface area contributed by atoms with Crippen LogP contribution in [0.1, 0.15) is 31.2 Å². The Bertz CT molecular complexity index is 366. The first-order chi connectivity index (χ1) is 7.45. The Morgan fingerprint density at radius 1 is 1.07 bits per heavy atom. The number of rotatable bonds is 1. The molecule has 1 aromatic carbocycles. The molecule has 15 heavy (non-hydrogen) atoms. The van der Waals surface area contributed by atoms with Crippen LogP contribution in [0.4, 0.5) is 0 Å². The van der Waals surface area contributed by atoms with Crippen LogP contribution in [0.15, 0.2) is 36.4 Å². The van der Waals surface area contributed by atoms with Gasteiger partial charge in [-0.3, -0.25) is 0 Å². The highest BCUT2D eigenvalue weighted by Crippen LogP contribution is 2.34. The number of fused-ring (bicyclic) bond motifs is 1. The minimum atomic E-state index is 0.800. The third kappa shape index (κ3) is 1.56. The largest absolute Gasteiger partial charge is 0.368 e. The summed E-state index contributed by atoms with van der Waals surface area (Å²) in [5.41, 5.74) is 2.86. The number of hydrogen-bond donors (Lipinski definition) is 0. The third-order valence-electron chi connectivity index (χ3n) is 3.59. The van der Waals surface area contributed by atoms with E-state index in [0.717, 1.165) is 6.04 Å². The molecule has 2 heterocycles. The molecule has 0 radical (unpaired) electrons. The maximum atomic E-state index is 2.61. The van der Waals surface area contributed by atoms with Crippen LogP contribution in [0, 0.1) is 0 Å². The van der Waals surface area contributed by atoms with Crippen LogP contribution in [0.3, 0.4) is 0 Å². The van der Waals surface area contributed by atoms with Crippen LogP contribution in [0.5, 0.6) is 0 Å². The zero-order valence-electron chi connectivity index (χ0n) is 9.02. The van der Waals surface area contributed by atoms with Crippen molar-refractivity contribution in [2.75, 3.05) is 6.54 Å². The van der Waals surface area contributed by atoms with E-state index in [4.69, 9.17) is 0 Å². The SMILES string of the molecule is C1=C(c2ccccc2)N2CCCCC2C1. The summed E-state index contributed by atoms with van der Waals surface area (Å²) < 4.78 is 0. The molecule has 1 aromatic rings. The average Bonchev–Trinajstić information content (AvgIpc) is 2.74. The summed E-state index contributed by atoms with van der Waals surface area (Å²) in [6.45, 7) is 1.26. The Balaban J connectivity index is 1.88.